The molecule has 0 spiro atoms. The van der Waals surface area contributed by atoms with Crippen LogP contribution in [0.5, 0.6) is 0 Å². The minimum atomic E-state index is 0.0718. The third-order valence-electron chi connectivity index (χ3n) is 4.75. The summed E-state index contributed by atoms with van der Waals surface area (Å²) in [6.45, 7) is 2.14. The molecule has 0 aromatic heterocycles. The molecular formula is C18H25N3O2. The van der Waals surface area contributed by atoms with Crippen molar-refractivity contribution < 1.29 is 9.59 Å². The molecule has 0 saturated carbocycles. The number of hydrogen-bond acceptors (Lipinski definition) is 3. The van der Waals surface area contributed by atoms with Crippen molar-refractivity contribution in [3.05, 3.63) is 23.8 Å². The fourth-order valence-electron chi connectivity index (χ4n) is 3.38. The first-order valence-electron chi connectivity index (χ1n) is 8.64. The van der Waals surface area contributed by atoms with Gasteiger partial charge in [0.25, 0.3) is 0 Å². The molecule has 1 aromatic carbocycles. The second kappa shape index (κ2) is 7.59. The van der Waals surface area contributed by atoms with Crippen LogP contribution in [-0.4, -0.2) is 24.9 Å². The Labute approximate surface area is 137 Å². The predicted octanol–water partition coefficient (Wildman–Crippen LogP) is 2.68. The van der Waals surface area contributed by atoms with E-state index in [1.54, 1.807) is 0 Å². The number of fused-ring (bicyclic) bond motifs is 1. The Hall–Kier alpha value is -1.88. The lowest BCUT2D eigenvalue weighted by molar-refractivity contribution is -0.117. The van der Waals surface area contributed by atoms with E-state index in [-0.39, 0.29) is 11.8 Å². The van der Waals surface area contributed by atoms with Gasteiger partial charge in [-0.15, -0.1) is 0 Å². The third-order valence-corrected chi connectivity index (χ3v) is 4.75. The first kappa shape index (κ1) is 16.0. The summed E-state index contributed by atoms with van der Waals surface area (Å²) >= 11 is 0. The number of piperidine rings is 1. The van der Waals surface area contributed by atoms with Gasteiger partial charge < -0.3 is 16.0 Å². The van der Waals surface area contributed by atoms with Gasteiger partial charge in [-0.1, -0.05) is 0 Å². The van der Waals surface area contributed by atoms with Crippen LogP contribution in [0, 0.1) is 5.92 Å². The predicted molar refractivity (Wildman–Crippen MR) is 91.5 cm³/mol. The van der Waals surface area contributed by atoms with Gasteiger partial charge in [0.1, 0.15) is 0 Å². The summed E-state index contributed by atoms with van der Waals surface area (Å²) in [7, 11) is 0. The van der Waals surface area contributed by atoms with Gasteiger partial charge >= 0.3 is 0 Å². The number of benzene rings is 1. The van der Waals surface area contributed by atoms with Crippen LogP contribution in [0.3, 0.4) is 0 Å². The number of carbonyl (C=O) groups excluding carboxylic acids is 2. The van der Waals surface area contributed by atoms with Crippen molar-refractivity contribution in [2.24, 2.45) is 5.92 Å². The van der Waals surface area contributed by atoms with Crippen LogP contribution in [0.15, 0.2) is 18.2 Å². The molecule has 0 aliphatic carbocycles. The lowest BCUT2D eigenvalue weighted by Crippen LogP contribution is -2.28. The molecule has 0 atom stereocenters. The third kappa shape index (κ3) is 4.55. The molecule has 124 valence electrons. The summed E-state index contributed by atoms with van der Waals surface area (Å²) in [5, 5.41) is 9.26. The molecule has 1 saturated heterocycles. The maximum absolute atomic E-state index is 12.1. The van der Waals surface area contributed by atoms with Crippen molar-refractivity contribution in [1.29, 1.82) is 0 Å². The van der Waals surface area contributed by atoms with Crippen molar-refractivity contribution >= 4 is 23.2 Å². The Morgan fingerprint density at radius 2 is 2.04 bits per heavy atom. The Bertz CT molecular complexity index is 580. The SMILES string of the molecule is O=C(CCC1CCNCC1)Nc1ccc2c(c1)CCCC(=O)N2. The number of aryl methyl sites for hydroxylation is 1. The highest BCUT2D eigenvalue weighted by molar-refractivity contribution is 5.94. The quantitative estimate of drug-likeness (QED) is 0.800. The van der Waals surface area contributed by atoms with Gasteiger partial charge in [-0.25, -0.2) is 0 Å². The van der Waals surface area contributed by atoms with Crippen molar-refractivity contribution in [1.82, 2.24) is 5.32 Å². The average molecular weight is 315 g/mol. The van der Waals surface area contributed by atoms with Crippen LogP contribution in [0.25, 0.3) is 0 Å². The smallest absolute Gasteiger partial charge is 0.224 e. The van der Waals surface area contributed by atoms with Gasteiger partial charge in [0, 0.05) is 24.2 Å². The molecule has 0 radical (unpaired) electrons. The van der Waals surface area contributed by atoms with E-state index in [4.69, 9.17) is 0 Å². The zero-order valence-electron chi connectivity index (χ0n) is 13.5. The molecule has 2 aliphatic heterocycles. The molecule has 2 amide bonds. The number of amides is 2. The zero-order chi connectivity index (χ0) is 16.1. The molecular weight excluding hydrogens is 290 g/mol. The monoisotopic (exact) mass is 315 g/mol. The number of nitrogens with one attached hydrogen (secondary N) is 3. The van der Waals surface area contributed by atoms with Crippen molar-refractivity contribution in [2.75, 3.05) is 23.7 Å². The molecule has 3 rings (SSSR count). The van der Waals surface area contributed by atoms with Gasteiger partial charge in [-0.2, -0.15) is 0 Å². The van der Waals surface area contributed by atoms with E-state index in [0.29, 0.717) is 18.8 Å². The highest BCUT2D eigenvalue weighted by atomic mass is 16.2. The summed E-state index contributed by atoms with van der Waals surface area (Å²) in [6, 6.07) is 5.75. The number of carbonyl (C=O) groups is 2. The Balaban J connectivity index is 1.54. The van der Waals surface area contributed by atoms with E-state index in [9.17, 15) is 9.59 Å². The van der Waals surface area contributed by atoms with Crippen LogP contribution < -0.4 is 16.0 Å². The van der Waals surface area contributed by atoms with Gasteiger partial charge in [-0.3, -0.25) is 9.59 Å². The average Bonchev–Trinajstić information content (AvgIpc) is 2.74. The summed E-state index contributed by atoms with van der Waals surface area (Å²) in [5.74, 6) is 0.827. The summed E-state index contributed by atoms with van der Waals surface area (Å²) in [5.41, 5.74) is 2.81. The Morgan fingerprint density at radius 1 is 1.22 bits per heavy atom. The minimum absolute atomic E-state index is 0.0718. The normalized spacial score (nSPS) is 18.7. The van der Waals surface area contributed by atoms with Crippen LogP contribution >= 0.6 is 0 Å². The number of rotatable bonds is 4. The molecule has 5 nitrogen and oxygen atoms in total. The van der Waals surface area contributed by atoms with Crippen molar-refractivity contribution in [3.63, 3.8) is 0 Å². The van der Waals surface area contributed by atoms with Crippen LogP contribution in [-0.2, 0) is 16.0 Å². The van der Waals surface area contributed by atoms with E-state index in [0.717, 1.165) is 49.3 Å². The van der Waals surface area contributed by atoms with E-state index in [1.807, 2.05) is 18.2 Å². The molecule has 0 bridgehead atoms. The number of anilines is 2. The minimum Gasteiger partial charge on any atom is -0.326 e. The van der Waals surface area contributed by atoms with Gasteiger partial charge in [0.05, 0.1) is 0 Å². The summed E-state index contributed by atoms with van der Waals surface area (Å²) in [4.78, 5) is 23.7. The fraction of sp³-hybridized carbons (Fsp3) is 0.556. The van der Waals surface area contributed by atoms with Gasteiger partial charge in [0.15, 0.2) is 0 Å². The molecule has 2 aliphatic rings. The second-order valence-electron chi connectivity index (χ2n) is 6.55. The molecule has 0 unspecified atom stereocenters. The Morgan fingerprint density at radius 3 is 2.87 bits per heavy atom. The van der Waals surface area contributed by atoms with E-state index in [1.165, 1.54) is 12.8 Å². The number of hydrogen-bond donors (Lipinski definition) is 3. The van der Waals surface area contributed by atoms with Gasteiger partial charge in [-0.05, 0) is 74.9 Å². The van der Waals surface area contributed by atoms with E-state index >= 15 is 0 Å². The van der Waals surface area contributed by atoms with E-state index in [2.05, 4.69) is 16.0 Å². The molecule has 23 heavy (non-hydrogen) atoms. The first-order valence-corrected chi connectivity index (χ1v) is 8.64. The van der Waals surface area contributed by atoms with Crippen LogP contribution in [0.2, 0.25) is 0 Å². The molecule has 3 N–H and O–H groups in total. The Kier molecular flexibility index (Phi) is 5.28. The maximum Gasteiger partial charge on any atom is 0.224 e. The summed E-state index contributed by atoms with van der Waals surface area (Å²) < 4.78 is 0. The topological polar surface area (TPSA) is 70.2 Å². The molecule has 1 fully saturated rings. The van der Waals surface area contributed by atoms with Crippen LogP contribution in [0.1, 0.15) is 44.1 Å². The highest BCUT2D eigenvalue weighted by Gasteiger charge is 2.16. The standard InChI is InChI=1S/C18H25N3O2/c22-17-3-1-2-14-12-15(5-6-16(14)21-17)20-18(23)7-4-13-8-10-19-11-9-13/h5-6,12-13,19H,1-4,7-11H2,(H,20,23)(H,21,22). The lowest BCUT2D eigenvalue weighted by atomic mass is 9.93. The van der Waals surface area contributed by atoms with Gasteiger partial charge in [0.2, 0.25) is 11.8 Å². The van der Waals surface area contributed by atoms with E-state index < -0.39 is 0 Å². The zero-order valence-corrected chi connectivity index (χ0v) is 13.5. The van der Waals surface area contributed by atoms with Crippen molar-refractivity contribution in [2.45, 2.75) is 44.9 Å². The first-order chi connectivity index (χ1) is 11.2. The molecule has 1 aromatic rings. The summed E-state index contributed by atoms with van der Waals surface area (Å²) in [6.07, 6.45) is 6.18. The molecule has 5 heteroatoms. The molecule has 2 heterocycles. The highest BCUT2D eigenvalue weighted by Crippen LogP contribution is 2.25. The fourth-order valence-corrected chi connectivity index (χ4v) is 3.38. The second-order valence-corrected chi connectivity index (χ2v) is 6.55. The largest absolute Gasteiger partial charge is 0.326 e. The maximum atomic E-state index is 12.1. The van der Waals surface area contributed by atoms with Crippen LogP contribution in [0.4, 0.5) is 11.4 Å². The lowest BCUT2D eigenvalue weighted by Gasteiger charge is -2.22. The van der Waals surface area contributed by atoms with Crippen molar-refractivity contribution in [3.8, 4) is 0 Å².